The number of hydrogen-bond donors (Lipinski definition) is 1. The summed E-state index contributed by atoms with van der Waals surface area (Å²) >= 11 is 0. The molecule has 1 aliphatic heterocycles. The van der Waals surface area contributed by atoms with Crippen LogP contribution in [0.4, 0.5) is 0 Å². The smallest absolute Gasteiger partial charge is 0.303 e. The van der Waals surface area contributed by atoms with Crippen LogP contribution in [0.5, 0.6) is 0 Å². The zero-order chi connectivity index (χ0) is 10.8. The van der Waals surface area contributed by atoms with Gasteiger partial charge in [0, 0.05) is 6.92 Å². The van der Waals surface area contributed by atoms with Crippen molar-refractivity contribution in [2.75, 3.05) is 0 Å². The molecule has 0 aliphatic carbocycles. The maximum absolute atomic E-state index is 11.2. The second-order valence-corrected chi connectivity index (χ2v) is 3.43. The van der Waals surface area contributed by atoms with Crippen LogP contribution in [-0.4, -0.2) is 18.0 Å². The third-order valence-electron chi connectivity index (χ3n) is 2.31. The fourth-order valence-electron chi connectivity index (χ4n) is 1.59. The van der Waals surface area contributed by atoms with Crippen molar-refractivity contribution in [2.45, 2.75) is 19.1 Å². The number of ether oxygens (including phenoxy) is 1. The Labute approximate surface area is 87.2 Å². The van der Waals surface area contributed by atoms with E-state index >= 15 is 0 Å². The van der Waals surface area contributed by atoms with Gasteiger partial charge < -0.3 is 10.1 Å². The summed E-state index contributed by atoms with van der Waals surface area (Å²) in [4.78, 5) is 21.9. The van der Waals surface area contributed by atoms with Crippen LogP contribution in [0.3, 0.4) is 0 Å². The van der Waals surface area contributed by atoms with Gasteiger partial charge in [0.05, 0.1) is 0 Å². The lowest BCUT2D eigenvalue weighted by Crippen LogP contribution is -2.57. The van der Waals surface area contributed by atoms with Gasteiger partial charge in [0.15, 0.2) is 0 Å². The summed E-state index contributed by atoms with van der Waals surface area (Å²) in [5, 5.41) is 2.70. The molecule has 0 bridgehead atoms. The topological polar surface area (TPSA) is 55.4 Å². The molecular weight excluding hydrogens is 194 g/mol. The Balaban J connectivity index is 2.12. The van der Waals surface area contributed by atoms with E-state index in [1.54, 1.807) is 0 Å². The Morgan fingerprint density at radius 2 is 2.00 bits per heavy atom. The molecule has 0 radical (unpaired) electrons. The molecule has 15 heavy (non-hydrogen) atoms. The Morgan fingerprint density at radius 3 is 2.53 bits per heavy atom. The highest BCUT2D eigenvalue weighted by Crippen LogP contribution is 2.26. The Bertz CT molecular complexity index is 388. The quantitative estimate of drug-likeness (QED) is 0.573. The first-order valence-corrected chi connectivity index (χ1v) is 4.71. The van der Waals surface area contributed by atoms with Gasteiger partial charge in [-0.25, -0.2) is 0 Å². The summed E-state index contributed by atoms with van der Waals surface area (Å²) in [5.74, 6) is -0.671. The molecule has 1 aliphatic rings. The molecule has 2 rings (SSSR count). The fourth-order valence-corrected chi connectivity index (χ4v) is 1.59. The minimum absolute atomic E-state index is 0.206. The summed E-state index contributed by atoms with van der Waals surface area (Å²) in [6.45, 7) is 1.30. The predicted octanol–water partition coefficient (Wildman–Crippen LogP) is 0.789. The molecule has 78 valence electrons. The van der Waals surface area contributed by atoms with Crippen molar-refractivity contribution >= 4 is 11.9 Å². The van der Waals surface area contributed by atoms with Crippen LogP contribution in [0, 0.1) is 0 Å². The standard InChI is InChI=1S/C11H11NO3/c1-7(13)15-10-9(12-11(10)14)8-5-3-2-4-6-8/h2-6,9-10H,1H3,(H,12,14). The van der Waals surface area contributed by atoms with E-state index in [4.69, 9.17) is 4.74 Å². The SMILES string of the molecule is CC(=O)OC1C(=O)NC1c1ccccc1. The number of rotatable bonds is 2. The van der Waals surface area contributed by atoms with Gasteiger partial charge in [-0.15, -0.1) is 0 Å². The van der Waals surface area contributed by atoms with E-state index in [1.165, 1.54) is 6.92 Å². The summed E-state index contributed by atoms with van der Waals surface area (Å²) < 4.78 is 4.91. The van der Waals surface area contributed by atoms with Crippen molar-refractivity contribution in [3.05, 3.63) is 35.9 Å². The Kier molecular flexibility index (Phi) is 2.41. The number of carbonyl (C=O) groups excluding carboxylic acids is 2. The minimum Gasteiger partial charge on any atom is -0.450 e. The van der Waals surface area contributed by atoms with Crippen molar-refractivity contribution in [1.29, 1.82) is 0 Å². The number of carbonyl (C=O) groups is 2. The number of β-lactam (4-membered cyclic amide) rings is 1. The summed E-state index contributed by atoms with van der Waals surface area (Å²) in [5.41, 5.74) is 0.948. The van der Waals surface area contributed by atoms with Crippen molar-refractivity contribution in [1.82, 2.24) is 5.32 Å². The van der Waals surface area contributed by atoms with E-state index in [-0.39, 0.29) is 11.9 Å². The lowest BCUT2D eigenvalue weighted by atomic mass is 9.94. The molecule has 0 aromatic heterocycles. The molecule has 1 amide bonds. The van der Waals surface area contributed by atoms with E-state index < -0.39 is 12.1 Å². The maximum Gasteiger partial charge on any atom is 0.303 e. The van der Waals surface area contributed by atoms with Gasteiger partial charge in [-0.3, -0.25) is 9.59 Å². The molecule has 1 aromatic carbocycles. The molecule has 1 fully saturated rings. The molecule has 4 nitrogen and oxygen atoms in total. The van der Waals surface area contributed by atoms with Crippen LogP contribution in [0.15, 0.2) is 30.3 Å². The molecule has 2 atom stereocenters. The highest BCUT2D eigenvalue weighted by atomic mass is 16.6. The van der Waals surface area contributed by atoms with Crippen molar-refractivity contribution in [3.63, 3.8) is 0 Å². The van der Waals surface area contributed by atoms with E-state index in [2.05, 4.69) is 5.32 Å². The van der Waals surface area contributed by atoms with E-state index in [0.29, 0.717) is 0 Å². The van der Waals surface area contributed by atoms with Gasteiger partial charge in [-0.1, -0.05) is 30.3 Å². The zero-order valence-electron chi connectivity index (χ0n) is 8.27. The molecule has 0 spiro atoms. The summed E-state index contributed by atoms with van der Waals surface area (Å²) in [6, 6.07) is 9.23. The molecule has 1 N–H and O–H groups in total. The van der Waals surface area contributed by atoms with Crippen LogP contribution in [0.1, 0.15) is 18.5 Å². The third-order valence-corrected chi connectivity index (χ3v) is 2.31. The monoisotopic (exact) mass is 205 g/mol. The molecule has 0 saturated carbocycles. The van der Waals surface area contributed by atoms with Gasteiger partial charge in [-0.05, 0) is 5.56 Å². The first-order chi connectivity index (χ1) is 7.18. The van der Waals surface area contributed by atoms with Crippen LogP contribution < -0.4 is 5.32 Å². The average molecular weight is 205 g/mol. The highest BCUT2D eigenvalue weighted by molar-refractivity contribution is 5.90. The lowest BCUT2D eigenvalue weighted by Gasteiger charge is -2.35. The van der Waals surface area contributed by atoms with Gasteiger partial charge in [-0.2, -0.15) is 0 Å². The van der Waals surface area contributed by atoms with Crippen molar-refractivity contribution in [2.24, 2.45) is 0 Å². The molecule has 1 saturated heterocycles. The van der Waals surface area contributed by atoms with Gasteiger partial charge in [0.1, 0.15) is 6.04 Å². The maximum atomic E-state index is 11.2. The van der Waals surface area contributed by atoms with Crippen LogP contribution in [0.25, 0.3) is 0 Å². The predicted molar refractivity (Wildman–Crippen MR) is 52.9 cm³/mol. The van der Waals surface area contributed by atoms with Gasteiger partial charge in [0.25, 0.3) is 5.91 Å². The third kappa shape index (κ3) is 1.83. The first-order valence-electron chi connectivity index (χ1n) is 4.71. The second kappa shape index (κ2) is 3.73. The number of hydrogen-bond acceptors (Lipinski definition) is 3. The number of esters is 1. The number of amides is 1. The van der Waals surface area contributed by atoms with Crippen molar-refractivity contribution < 1.29 is 14.3 Å². The average Bonchev–Trinajstić information content (AvgIpc) is 2.24. The largest absolute Gasteiger partial charge is 0.450 e. The fraction of sp³-hybridized carbons (Fsp3) is 0.273. The van der Waals surface area contributed by atoms with Crippen LogP contribution >= 0.6 is 0 Å². The summed E-state index contributed by atoms with van der Waals surface area (Å²) in [7, 11) is 0. The van der Waals surface area contributed by atoms with Crippen LogP contribution in [-0.2, 0) is 14.3 Å². The summed E-state index contributed by atoms with van der Waals surface area (Å²) in [6.07, 6.45) is -0.676. The van der Waals surface area contributed by atoms with Crippen molar-refractivity contribution in [3.8, 4) is 0 Å². The number of nitrogens with one attached hydrogen (secondary N) is 1. The van der Waals surface area contributed by atoms with E-state index in [0.717, 1.165) is 5.56 Å². The highest BCUT2D eigenvalue weighted by Gasteiger charge is 2.42. The normalized spacial score (nSPS) is 23.9. The van der Waals surface area contributed by atoms with Crippen LogP contribution in [0.2, 0.25) is 0 Å². The Hall–Kier alpha value is -1.84. The lowest BCUT2D eigenvalue weighted by molar-refractivity contribution is -0.164. The molecule has 1 heterocycles. The minimum atomic E-state index is -0.676. The molecule has 4 heteroatoms. The van der Waals surface area contributed by atoms with E-state index in [1.807, 2.05) is 30.3 Å². The first kappa shape index (κ1) is 9.71. The van der Waals surface area contributed by atoms with Gasteiger partial charge in [0.2, 0.25) is 6.10 Å². The van der Waals surface area contributed by atoms with E-state index in [9.17, 15) is 9.59 Å². The molecule has 2 unspecified atom stereocenters. The number of benzene rings is 1. The molecule has 1 aromatic rings. The molecular formula is C11H11NO3. The zero-order valence-corrected chi connectivity index (χ0v) is 8.27. The second-order valence-electron chi connectivity index (χ2n) is 3.43. The van der Waals surface area contributed by atoms with Gasteiger partial charge >= 0.3 is 5.97 Å². The Morgan fingerprint density at radius 1 is 1.33 bits per heavy atom.